The molecule has 1 heterocycles. The number of aromatic nitrogens is 1. The minimum Gasteiger partial charge on any atom is -0.356 e. The van der Waals surface area contributed by atoms with Crippen molar-refractivity contribution in [2.45, 2.75) is 0 Å². The first-order chi connectivity index (χ1) is 5.42. The minimum absolute atomic E-state index is 0.615. The predicted octanol–water partition coefficient (Wildman–Crippen LogP) is 1.64. The number of nitrogens with zero attached hydrogens (tertiary/aromatic N) is 1. The topological polar surface area (TPSA) is 43.1 Å². The van der Waals surface area contributed by atoms with E-state index in [0.29, 0.717) is 11.1 Å². The smallest absolute Gasteiger partial charge is 0.167 e. The zero-order valence-electron chi connectivity index (χ0n) is 5.65. The standard InChI is InChI=1S/C8H5NO2/c10-5-6-2-1-3-8-7(6)4-9-11-8/h1-5H. The molecule has 0 amide bonds. The maximum absolute atomic E-state index is 10.4. The molecule has 54 valence electrons. The van der Waals surface area contributed by atoms with Crippen LogP contribution < -0.4 is 0 Å². The minimum atomic E-state index is 0.615. The Labute approximate surface area is 62.6 Å². The number of aldehydes is 1. The van der Waals surface area contributed by atoms with Gasteiger partial charge in [-0.25, -0.2) is 0 Å². The second-order valence-electron chi connectivity index (χ2n) is 2.20. The molecule has 2 rings (SSSR count). The van der Waals surface area contributed by atoms with Crippen LogP contribution in [-0.4, -0.2) is 11.4 Å². The van der Waals surface area contributed by atoms with Crippen LogP contribution in [-0.2, 0) is 0 Å². The lowest BCUT2D eigenvalue weighted by Gasteiger charge is -1.87. The van der Waals surface area contributed by atoms with E-state index < -0.39 is 0 Å². The average molecular weight is 147 g/mol. The summed E-state index contributed by atoms with van der Waals surface area (Å²) in [6, 6.07) is 5.26. The molecule has 0 aliphatic rings. The van der Waals surface area contributed by atoms with Crippen molar-refractivity contribution in [3.05, 3.63) is 30.0 Å². The van der Waals surface area contributed by atoms with Gasteiger partial charge in [0.25, 0.3) is 0 Å². The van der Waals surface area contributed by atoms with Crippen LogP contribution in [0.3, 0.4) is 0 Å². The summed E-state index contributed by atoms with van der Waals surface area (Å²) in [6.07, 6.45) is 2.33. The molecule has 3 nitrogen and oxygen atoms in total. The Morgan fingerprint density at radius 2 is 2.36 bits per heavy atom. The molecule has 1 aromatic carbocycles. The molecule has 2 aromatic rings. The van der Waals surface area contributed by atoms with Gasteiger partial charge in [0.2, 0.25) is 0 Å². The van der Waals surface area contributed by atoms with Crippen molar-refractivity contribution in [3.8, 4) is 0 Å². The van der Waals surface area contributed by atoms with Gasteiger partial charge < -0.3 is 4.52 Å². The van der Waals surface area contributed by atoms with Crippen LogP contribution in [0.15, 0.2) is 28.9 Å². The summed E-state index contributed by atoms with van der Waals surface area (Å²) >= 11 is 0. The molecule has 0 saturated carbocycles. The third-order valence-corrected chi connectivity index (χ3v) is 1.56. The molecular formula is C8H5NO2. The van der Waals surface area contributed by atoms with Crippen LogP contribution >= 0.6 is 0 Å². The van der Waals surface area contributed by atoms with Crippen LogP contribution in [0.2, 0.25) is 0 Å². The Morgan fingerprint density at radius 3 is 3.18 bits per heavy atom. The first kappa shape index (κ1) is 6.09. The molecule has 0 bridgehead atoms. The van der Waals surface area contributed by atoms with E-state index in [1.165, 1.54) is 0 Å². The van der Waals surface area contributed by atoms with E-state index in [9.17, 15) is 4.79 Å². The number of rotatable bonds is 1. The summed E-state index contributed by atoms with van der Waals surface area (Å²) in [5, 5.41) is 4.34. The Kier molecular flexibility index (Phi) is 1.22. The number of carbonyl (C=O) groups excluding carboxylic acids is 1. The molecule has 11 heavy (non-hydrogen) atoms. The van der Waals surface area contributed by atoms with Crippen molar-refractivity contribution in [2.24, 2.45) is 0 Å². The van der Waals surface area contributed by atoms with Crippen molar-refractivity contribution in [3.63, 3.8) is 0 Å². The van der Waals surface area contributed by atoms with Gasteiger partial charge in [0.05, 0.1) is 11.6 Å². The van der Waals surface area contributed by atoms with E-state index in [0.717, 1.165) is 11.7 Å². The highest BCUT2D eigenvalue weighted by molar-refractivity contribution is 5.95. The highest BCUT2D eigenvalue weighted by Gasteiger charge is 2.01. The molecule has 3 heteroatoms. The highest BCUT2D eigenvalue weighted by atomic mass is 16.5. The van der Waals surface area contributed by atoms with E-state index in [4.69, 9.17) is 4.52 Å². The van der Waals surface area contributed by atoms with Gasteiger partial charge in [-0.2, -0.15) is 0 Å². The zero-order chi connectivity index (χ0) is 7.68. The first-order valence-corrected chi connectivity index (χ1v) is 3.20. The van der Waals surface area contributed by atoms with Gasteiger partial charge in [0.1, 0.15) is 0 Å². The molecule has 0 radical (unpaired) electrons. The van der Waals surface area contributed by atoms with Gasteiger partial charge in [0, 0.05) is 5.56 Å². The largest absolute Gasteiger partial charge is 0.356 e. The van der Waals surface area contributed by atoms with Gasteiger partial charge in [-0.15, -0.1) is 0 Å². The number of carbonyl (C=O) groups is 1. The molecule has 0 aliphatic carbocycles. The predicted molar refractivity (Wildman–Crippen MR) is 39.4 cm³/mol. The van der Waals surface area contributed by atoms with Crippen LogP contribution in [0.25, 0.3) is 11.0 Å². The molecule has 0 saturated heterocycles. The first-order valence-electron chi connectivity index (χ1n) is 3.20. The fraction of sp³-hybridized carbons (Fsp3) is 0. The van der Waals surface area contributed by atoms with Crippen molar-refractivity contribution in [1.82, 2.24) is 5.16 Å². The van der Waals surface area contributed by atoms with Gasteiger partial charge in [-0.05, 0) is 6.07 Å². The monoisotopic (exact) mass is 147 g/mol. The van der Waals surface area contributed by atoms with Gasteiger partial charge in [0.15, 0.2) is 11.9 Å². The average Bonchev–Trinajstić information content (AvgIpc) is 2.50. The molecule has 0 atom stereocenters. The zero-order valence-corrected chi connectivity index (χ0v) is 5.65. The van der Waals surface area contributed by atoms with Crippen molar-refractivity contribution in [1.29, 1.82) is 0 Å². The molecule has 1 aromatic heterocycles. The van der Waals surface area contributed by atoms with E-state index in [2.05, 4.69) is 5.16 Å². The molecule has 0 spiro atoms. The molecule has 0 N–H and O–H groups in total. The number of benzene rings is 1. The van der Waals surface area contributed by atoms with Gasteiger partial charge in [-0.3, -0.25) is 4.79 Å². The van der Waals surface area contributed by atoms with E-state index in [1.807, 2.05) is 0 Å². The van der Waals surface area contributed by atoms with Crippen LogP contribution in [0.4, 0.5) is 0 Å². The molecule has 0 unspecified atom stereocenters. The SMILES string of the molecule is O=Cc1cccc2oncc12. The maximum atomic E-state index is 10.4. The van der Waals surface area contributed by atoms with Crippen LogP contribution in [0.1, 0.15) is 10.4 Å². The molecule has 0 aliphatic heterocycles. The fourth-order valence-electron chi connectivity index (χ4n) is 1.02. The van der Waals surface area contributed by atoms with Crippen LogP contribution in [0, 0.1) is 0 Å². The number of hydrogen-bond donors (Lipinski definition) is 0. The van der Waals surface area contributed by atoms with Gasteiger partial charge in [-0.1, -0.05) is 17.3 Å². The quantitative estimate of drug-likeness (QED) is 0.576. The van der Waals surface area contributed by atoms with Crippen molar-refractivity contribution >= 4 is 17.3 Å². The third-order valence-electron chi connectivity index (χ3n) is 1.56. The Morgan fingerprint density at radius 1 is 1.45 bits per heavy atom. The summed E-state index contributed by atoms with van der Waals surface area (Å²) in [6.45, 7) is 0. The lowest BCUT2D eigenvalue weighted by molar-refractivity contribution is 0.112. The lowest BCUT2D eigenvalue weighted by Crippen LogP contribution is -1.77. The molecular weight excluding hydrogens is 142 g/mol. The molecule has 0 fully saturated rings. The Balaban J connectivity index is 2.88. The fourth-order valence-corrected chi connectivity index (χ4v) is 1.02. The number of fused-ring (bicyclic) bond motifs is 1. The normalized spacial score (nSPS) is 10.2. The summed E-state index contributed by atoms with van der Waals surface area (Å²) in [5.41, 5.74) is 1.26. The van der Waals surface area contributed by atoms with Crippen molar-refractivity contribution < 1.29 is 9.32 Å². The second-order valence-corrected chi connectivity index (χ2v) is 2.20. The summed E-state index contributed by atoms with van der Waals surface area (Å²) in [4.78, 5) is 10.4. The second kappa shape index (κ2) is 2.20. The van der Waals surface area contributed by atoms with E-state index in [1.54, 1.807) is 24.4 Å². The number of hydrogen-bond acceptors (Lipinski definition) is 3. The summed E-state index contributed by atoms with van der Waals surface area (Å²) in [5.74, 6) is 0. The third kappa shape index (κ3) is 0.816. The van der Waals surface area contributed by atoms with E-state index >= 15 is 0 Å². The lowest BCUT2D eigenvalue weighted by atomic mass is 10.1. The van der Waals surface area contributed by atoms with Crippen molar-refractivity contribution in [2.75, 3.05) is 0 Å². The summed E-state index contributed by atoms with van der Waals surface area (Å²) < 4.78 is 4.85. The Hall–Kier alpha value is -1.64. The maximum Gasteiger partial charge on any atom is 0.167 e. The van der Waals surface area contributed by atoms with Gasteiger partial charge >= 0.3 is 0 Å². The van der Waals surface area contributed by atoms with E-state index in [-0.39, 0.29) is 0 Å². The Bertz CT molecular complexity index is 392. The summed E-state index contributed by atoms with van der Waals surface area (Å²) in [7, 11) is 0. The highest BCUT2D eigenvalue weighted by Crippen LogP contribution is 2.15. The van der Waals surface area contributed by atoms with Crippen LogP contribution in [0.5, 0.6) is 0 Å².